The van der Waals surface area contributed by atoms with E-state index in [0.29, 0.717) is 34.5 Å². The number of aromatic carboxylic acids is 1. The number of nitrogens with zero attached hydrogens (tertiary/aromatic N) is 3. The third-order valence-electron chi connectivity index (χ3n) is 5.21. The first-order valence-corrected chi connectivity index (χ1v) is 10.9. The summed E-state index contributed by atoms with van der Waals surface area (Å²) in [6, 6.07) is 12.1. The maximum Gasteiger partial charge on any atom is 0.335 e. The van der Waals surface area contributed by atoms with Crippen LogP contribution in [0.5, 0.6) is 23.1 Å². The normalized spacial score (nSPS) is 11.1. The van der Waals surface area contributed by atoms with Gasteiger partial charge in [-0.05, 0) is 57.5 Å². The lowest BCUT2D eigenvalue weighted by atomic mass is 10.2. The average molecular weight is 462 g/mol. The van der Waals surface area contributed by atoms with E-state index in [1.165, 1.54) is 12.1 Å². The van der Waals surface area contributed by atoms with E-state index in [-0.39, 0.29) is 18.3 Å². The SMILES string of the molecule is Cc1cnc(Oc2cc(OC(C)C)c3nc(COc4cccc(C(=O)O)c4)n(C)c3c2)c(C)c1. The van der Waals surface area contributed by atoms with Crippen molar-refractivity contribution in [2.45, 2.75) is 40.4 Å². The Morgan fingerprint density at radius 1 is 1.12 bits per heavy atom. The van der Waals surface area contributed by atoms with Crippen molar-refractivity contribution < 1.29 is 24.1 Å². The molecule has 8 heteroatoms. The zero-order valence-electron chi connectivity index (χ0n) is 19.8. The maximum atomic E-state index is 11.2. The van der Waals surface area contributed by atoms with Gasteiger partial charge in [0, 0.05) is 30.9 Å². The van der Waals surface area contributed by atoms with E-state index < -0.39 is 5.97 Å². The second kappa shape index (κ2) is 9.43. The fourth-order valence-corrected chi connectivity index (χ4v) is 3.60. The number of aromatic nitrogens is 3. The monoisotopic (exact) mass is 461 g/mol. The quantitative estimate of drug-likeness (QED) is 0.373. The summed E-state index contributed by atoms with van der Waals surface area (Å²) < 4.78 is 19.9. The number of pyridine rings is 1. The summed E-state index contributed by atoms with van der Waals surface area (Å²) in [6.07, 6.45) is 1.71. The Balaban J connectivity index is 1.67. The summed E-state index contributed by atoms with van der Waals surface area (Å²) >= 11 is 0. The topological polar surface area (TPSA) is 95.7 Å². The summed E-state index contributed by atoms with van der Waals surface area (Å²) in [5.41, 5.74) is 3.67. The van der Waals surface area contributed by atoms with Crippen molar-refractivity contribution in [3.63, 3.8) is 0 Å². The number of ether oxygens (including phenoxy) is 3. The van der Waals surface area contributed by atoms with E-state index in [0.717, 1.165) is 16.6 Å². The molecule has 0 amide bonds. The minimum atomic E-state index is -1.01. The minimum Gasteiger partial charge on any atom is -0.489 e. The molecule has 0 bridgehead atoms. The molecule has 0 saturated carbocycles. The van der Waals surface area contributed by atoms with Crippen molar-refractivity contribution >= 4 is 17.0 Å². The van der Waals surface area contributed by atoms with Crippen molar-refractivity contribution in [1.82, 2.24) is 14.5 Å². The van der Waals surface area contributed by atoms with E-state index in [9.17, 15) is 9.90 Å². The molecule has 2 aromatic carbocycles. The van der Waals surface area contributed by atoms with Crippen LogP contribution in [0.1, 0.15) is 41.2 Å². The summed E-state index contributed by atoms with van der Waals surface area (Å²) in [6.45, 7) is 8.00. The molecule has 0 aliphatic heterocycles. The Morgan fingerprint density at radius 3 is 2.62 bits per heavy atom. The van der Waals surface area contributed by atoms with Crippen LogP contribution >= 0.6 is 0 Å². The summed E-state index contributed by atoms with van der Waals surface area (Å²) in [7, 11) is 1.89. The Bertz CT molecular complexity index is 1360. The number of carboxylic acids is 1. The number of aryl methyl sites for hydroxylation is 3. The third kappa shape index (κ3) is 4.96. The van der Waals surface area contributed by atoms with Gasteiger partial charge in [-0.2, -0.15) is 0 Å². The summed E-state index contributed by atoms with van der Waals surface area (Å²) in [5, 5.41) is 9.20. The molecule has 2 heterocycles. The molecule has 176 valence electrons. The molecule has 0 aliphatic carbocycles. The molecule has 0 radical (unpaired) electrons. The highest BCUT2D eigenvalue weighted by Crippen LogP contribution is 2.34. The number of benzene rings is 2. The van der Waals surface area contributed by atoms with Crippen molar-refractivity contribution in [1.29, 1.82) is 0 Å². The molecule has 8 nitrogen and oxygen atoms in total. The number of hydrogen-bond acceptors (Lipinski definition) is 6. The van der Waals surface area contributed by atoms with Gasteiger partial charge in [0.15, 0.2) is 5.75 Å². The Labute approximate surface area is 197 Å². The standard InChI is InChI=1S/C26H27N3O5/c1-15(2)33-22-12-20(34-25-17(4)9-16(3)13-27-25)11-21-24(22)28-23(29(21)5)14-32-19-8-6-7-18(10-19)26(30)31/h6-13,15H,14H2,1-5H3,(H,30,31). The van der Waals surface area contributed by atoms with Gasteiger partial charge < -0.3 is 23.9 Å². The van der Waals surface area contributed by atoms with Crippen molar-refractivity contribution in [3.8, 4) is 23.1 Å². The van der Waals surface area contributed by atoms with E-state index >= 15 is 0 Å². The molecule has 0 saturated heterocycles. The maximum absolute atomic E-state index is 11.2. The molecule has 0 aliphatic rings. The van der Waals surface area contributed by atoms with Gasteiger partial charge in [0.05, 0.1) is 17.2 Å². The van der Waals surface area contributed by atoms with Crippen molar-refractivity contribution in [3.05, 3.63) is 71.2 Å². The second-order valence-electron chi connectivity index (χ2n) is 8.40. The number of carbonyl (C=O) groups is 1. The summed E-state index contributed by atoms with van der Waals surface area (Å²) in [5.74, 6) is 1.83. The van der Waals surface area contributed by atoms with Gasteiger partial charge in [-0.15, -0.1) is 0 Å². The molecule has 0 spiro atoms. The second-order valence-corrected chi connectivity index (χ2v) is 8.40. The molecule has 1 N–H and O–H groups in total. The highest BCUT2D eigenvalue weighted by Gasteiger charge is 2.17. The highest BCUT2D eigenvalue weighted by atomic mass is 16.5. The molecular weight excluding hydrogens is 434 g/mol. The van der Waals surface area contributed by atoms with Crippen LogP contribution in [0.3, 0.4) is 0 Å². The predicted octanol–water partition coefficient (Wildman–Crippen LogP) is 5.44. The van der Waals surface area contributed by atoms with E-state index in [4.69, 9.17) is 19.2 Å². The lowest BCUT2D eigenvalue weighted by molar-refractivity contribution is 0.0696. The van der Waals surface area contributed by atoms with Crippen LogP contribution in [0.2, 0.25) is 0 Å². The molecule has 34 heavy (non-hydrogen) atoms. The molecular formula is C26H27N3O5. The van der Waals surface area contributed by atoms with Crippen LogP contribution in [0.15, 0.2) is 48.7 Å². The highest BCUT2D eigenvalue weighted by molar-refractivity contribution is 5.88. The average Bonchev–Trinajstić information content (AvgIpc) is 3.10. The van der Waals surface area contributed by atoms with Gasteiger partial charge in [-0.25, -0.2) is 14.8 Å². The zero-order chi connectivity index (χ0) is 24.4. The first kappa shape index (κ1) is 23.1. The molecule has 2 aromatic heterocycles. The number of carboxylic acid groups (broad SMARTS) is 1. The number of rotatable bonds is 8. The Kier molecular flexibility index (Phi) is 6.40. The van der Waals surface area contributed by atoms with Crippen molar-refractivity contribution in [2.75, 3.05) is 0 Å². The van der Waals surface area contributed by atoms with Gasteiger partial charge >= 0.3 is 5.97 Å². The first-order chi connectivity index (χ1) is 16.2. The van der Waals surface area contributed by atoms with Crippen LogP contribution in [0.25, 0.3) is 11.0 Å². The molecule has 0 atom stereocenters. The minimum absolute atomic E-state index is 0.0573. The number of imidazole rings is 1. The van der Waals surface area contributed by atoms with E-state index in [2.05, 4.69) is 4.98 Å². The zero-order valence-corrected chi connectivity index (χ0v) is 19.8. The van der Waals surface area contributed by atoms with E-state index in [1.54, 1.807) is 18.3 Å². The van der Waals surface area contributed by atoms with Gasteiger partial charge in [0.2, 0.25) is 5.88 Å². The van der Waals surface area contributed by atoms with Crippen LogP contribution in [0, 0.1) is 13.8 Å². The Hall–Kier alpha value is -4.07. The van der Waals surface area contributed by atoms with Gasteiger partial charge in [-0.1, -0.05) is 6.07 Å². The molecule has 4 aromatic rings. The Morgan fingerprint density at radius 2 is 1.91 bits per heavy atom. The summed E-state index contributed by atoms with van der Waals surface area (Å²) in [4.78, 5) is 20.4. The van der Waals surface area contributed by atoms with Crippen molar-refractivity contribution in [2.24, 2.45) is 7.05 Å². The van der Waals surface area contributed by atoms with Crippen LogP contribution in [0.4, 0.5) is 0 Å². The molecule has 4 rings (SSSR count). The smallest absolute Gasteiger partial charge is 0.335 e. The lowest BCUT2D eigenvalue weighted by Gasteiger charge is -2.13. The van der Waals surface area contributed by atoms with Crippen LogP contribution < -0.4 is 14.2 Å². The fourth-order valence-electron chi connectivity index (χ4n) is 3.60. The van der Waals surface area contributed by atoms with E-state index in [1.807, 2.05) is 57.5 Å². The number of fused-ring (bicyclic) bond motifs is 1. The lowest BCUT2D eigenvalue weighted by Crippen LogP contribution is -2.06. The van der Waals surface area contributed by atoms with Crippen LogP contribution in [-0.2, 0) is 13.7 Å². The van der Waals surface area contributed by atoms with Gasteiger partial charge in [0.25, 0.3) is 0 Å². The molecule has 0 fully saturated rings. The predicted molar refractivity (Wildman–Crippen MR) is 128 cm³/mol. The fraction of sp³-hybridized carbons (Fsp3) is 0.269. The largest absolute Gasteiger partial charge is 0.489 e. The van der Waals surface area contributed by atoms with Gasteiger partial charge in [0.1, 0.15) is 29.4 Å². The van der Waals surface area contributed by atoms with Crippen LogP contribution in [-0.4, -0.2) is 31.7 Å². The molecule has 0 unspecified atom stereocenters. The third-order valence-corrected chi connectivity index (χ3v) is 5.21. The van der Waals surface area contributed by atoms with Gasteiger partial charge in [-0.3, -0.25) is 0 Å². The number of hydrogen-bond donors (Lipinski definition) is 1. The first-order valence-electron chi connectivity index (χ1n) is 10.9.